The maximum absolute atomic E-state index is 0. The molecule has 0 aliphatic heterocycles. The summed E-state index contributed by atoms with van der Waals surface area (Å²) in [5, 5.41) is 0. The SMILES string of the molecule is O.O.[In+3].[O-2].[O-2].[O-2].[Sb+3]. The van der Waals surface area contributed by atoms with Crippen LogP contribution in [0, 0.1) is 0 Å². The molecule has 7 heteroatoms. The van der Waals surface area contributed by atoms with Gasteiger partial charge in [0.2, 0.25) is 0 Å². The number of hydrogen-bond acceptors (Lipinski definition) is 0. The molecule has 0 heterocycles. The standard InChI is InChI=1S/In.2H2O.3O.Sb/h;2*1H2;;;;/q+3;;;3*-2;+3. The quantitative estimate of drug-likeness (QED) is 0.425. The van der Waals surface area contributed by atoms with E-state index in [1.54, 1.807) is 0 Å². The van der Waals surface area contributed by atoms with Gasteiger partial charge in [0, 0.05) is 0 Å². The summed E-state index contributed by atoms with van der Waals surface area (Å²) < 4.78 is 0. The van der Waals surface area contributed by atoms with Crippen LogP contribution in [-0.4, -0.2) is 61.2 Å². The fourth-order valence-corrected chi connectivity index (χ4v) is 0. The van der Waals surface area contributed by atoms with Crippen molar-refractivity contribution in [2.24, 2.45) is 0 Å². The van der Waals surface area contributed by atoms with Crippen LogP contribution in [0.5, 0.6) is 0 Å². The van der Waals surface area contributed by atoms with Crippen LogP contribution in [0.1, 0.15) is 0 Å². The third-order valence-electron chi connectivity index (χ3n) is 0. The monoisotopic (exact) mass is 320 g/mol. The molecule has 0 unspecified atom stereocenters. The summed E-state index contributed by atoms with van der Waals surface area (Å²) in [6.45, 7) is 0. The molecule has 0 spiro atoms. The van der Waals surface area contributed by atoms with E-state index in [0.717, 1.165) is 0 Å². The molecular formula is H4InO5Sb. The molecule has 5 nitrogen and oxygen atoms in total. The van der Waals surface area contributed by atoms with Crippen molar-refractivity contribution < 1.29 is 27.4 Å². The van der Waals surface area contributed by atoms with E-state index >= 15 is 0 Å². The first kappa shape index (κ1) is 215. The topological polar surface area (TPSA) is 148 Å². The van der Waals surface area contributed by atoms with Crippen LogP contribution in [-0.2, 0) is 16.4 Å². The van der Waals surface area contributed by atoms with Crippen LogP contribution in [0.25, 0.3) is 0 Å². The van der Waals surface area contributed by atoms with Gasteiger partial charge in [-0.05, 0) is 0 Å². The molecule has 0 fully saturated rings. The first-order valence-corrected chi connectivity index (χ1v) is 0. The summed E-state index contributed by atoms with van der Waals surface area (Å²) in [5.74, 6) is 0. The summed E-state index contributed by atoms with van der Waals surface area (Å²) >= 11 is 0. The van der Waals surface area contributed by atoms with Gasteiger partial charge < -0.3 is 27.4 Å². The Morgan fingerprint density at radius 2 is 0.571 bits per heavy atom. The van der Waals surface area contributed by atoms with Crippen molar-refractivity contribution in [1.29, 1.82) is 0 Å². The van der Waals surface area contributed by atoms with Crippen molar-refractivity contribution in [3.63, 3.8) is 0 Å². The molecule has 0 bridgehead atoms. The molecule has 7 heavy (non-hydrogen) atoms. The van der Waals surface area contributed by atoms with Crippen LogP contribution < -0.4 is 0 Å². The molecule has 0 aliphatic carbocycles. The van der Waals surface area contributed by atoms with Crippen molar-refractivity contribution >= 4 is 50.3 Å². The van der Waals surface area contributed by atoms with Gasteiger partial charge in [0.15, 0.2) is 0 Å². The summed E-state index contributed by atoms with van der Waals surface area (Å²) in [4.78, 5) is 0. The minimum atomic E-state index is 0. The molecule has 4 N–H and O–H groups in total. The molecule has 0 aromatic rings. The van der Waals surface area contributed by atoms with Gasteiger partial charge in [0.25, 0.3) is 0 Å². The van der Waals surface area contributed by atoms with Crippen LogP contribution in [0.4, 0.5) is 0 Å². The summed E-state index contributed by atoms with van der Waals surface area (Å²) in [5.41, 5.74) is 0. The van der Waals surface area contributed by atoms with Gasteiger partial charge in [-0.1, -0.05) is 0 Å². The molecule has 2 radical (unpaired) electrons. The van der Waals surface area contributed by atoms with Gasteiger partial charge in [0.1, 0.15) is 0 Å². The molecular weight excluding hydrogens is 317 g/mol. The summed E-state index contributed by atoms with van der Waals surface area (Å²) in [6, 6.07) is 0. The summed E-state index contributed by atoms with van der Waals surface area (Å²) in [7, 11) is 0. The first-order chi connectivity index (χ1) is 0. The van der Waals surface area contributed by atoms with E-state index in [0.29, 0.717) is 0 Å². The van der Waals surface area contributed by atoms with E-state index in [1.807, 2.05) is 0 Å². The van der Waals surface area contributed by atoms with Crippen molar-refractivity contribution in [1.82, 2.24) is 0 Å². The molecule has 0 amide bonds. The Morgan fingerprint density at radius 3 is 0.571 bits per heavy atom. The van der Waals surface area contributed by atoms with Gasteiger partial charge >= 0.3 is 50.3 Å². The predicted octanol–water partition coefficient (Wildman–Crippen LogP) is -2.77. The smallest absolute Gasteiger partial charge is 2.00 e. The largest absolute Gasteiger partial charge is 3.00 e. The zero-order chi connectivity index (χ0) is 0. The van der Waals surface area contributed by atoms with Crippen LogP contribution in [0.15, 0.2) is 0 Å². The Balaban J connectivity index is 0. The van der Waals surface area contributed by atoms with E-state index < -0.39 is 0 Å². The van der Waals surface area contributed by atoms with Crippen LogP contribution in [0.3, 0.4) is 0 Å². The van der Waals surface area contributed by atoms with Crippen molar-refractivity contribution in [3.8, 4) is 0 Å². The first-order valence-electron chi connectivity index (χ1n) is 0. The molecule has 0 aliphatic rings. The van der Waals surface area contributed by atoms with Gasteiger partial charge in [-0.15, -0.1) is 0 Å². The maximum atomic E-state index is 0. The minimum absolute atomic E-state index is 0. The molecule has 0 rings (SSSR count). The number of rotatable bonds is 0. The van der Waals surface area contributed by atoms with E-state index in [1.165, 1.54) is 0 Å². The zero-order valence-electron chi connectivity index (χ0n) is 3.25. The second-order valence-corrected chi connectivity index (χ2v) is 0. The van der Waals surface area contributed by atoms with Gasteiger partial charge in [0.05, 0.1) is 0 Å². The van der Waals surface area contributed by atoms with Crippen LogP contribution in [0.2, 0.25) is 0 Å². The van der Waals surface area contributed by atoms with Crippen molar-refractivity contribution in [2.75, 3.05) is 0 Å². The Hall–Kier alpha value is 1.49. The average Bonchev–Trinajstić information content (AvgIpc) is 0. The molecule has 0 saturated heterocycles. The molecule has 0 saturated carbocycles. The van der Waals surface area contributed by atoms with Gasteiger partial charge in [-0.3, -0.25) is 0 Å². The van der Waals surface area contributed by atoms with Gasteiger partial charge in [-0.25, -0.2) is 0 Å². The minimum Gasteiger partial charge on any atom is -2.00 e. The molecule has 0 atom stereocenters. The van der Waals surface area contributed by atoms with E-state index in [-0.39, 0.29) is 77.7 Å². The summed E-state index contributed by atoms with van der Waals surface area (Å²) in [6.07, 6.45) is 0. The Morgan fingerprint density at radius 1 is 0.571 bits per heavy atom. The Kier molecular flexibility index (Phi) is 4370. The fourth-order valence-electron chi connectivity index (χ4n) is 0. The Labute approximate surface area is 77.3 Å². The third kappa shape index (κ3) is 102. The van der Waals surface area contributed by atoms with Crippen molar-refractivity contribution in [3.05, 3.63) is 0 Å². The molecule has 0 aromatic heterocycles. The second kappa shape index (κ2) is 142. The normalized spacial score (nSPS) is 0. The molecule has 42 valence electrons. The third-order valence-corrected chi connectivity index (χ3v) is 0. The van der Waals surface area contributed by atoms with Crippen LogP contribution >= 0.6 is 0 Å². The fraction of sp³-hybridized carbons (Fsp3) is 0. The van der Waals surface area contributed by atoms with E-state index in [9.17, 15) is 0 Å². The van der Waals surface area contributed by atoms with Gasteiger partial charge in [-0.2, -0.15) is 0 Å². The van der Waals surface area contributed by atoms with E-state index in [4.69, 9.17) is 0 Å². The zero-order valence-corrected chi connectivity index (χ0v) is 9.10. The van der Waals surface area contributed by atoms with E-state index in [2.05, 4.69) is 0 Å². The number of hydrogen-bond donors (Lipinski definition) is 0. The maximum Gasteiger partial charge on any atom is 3.00 e. The Bertz CT molecular complexity index is 8.04. The van der Waals surface area contributed by atoms with Crippen molar-refractivity contribution in [2.45, 2.75) is 0 Å². The molecule has 0 aromatic carbocycles. The second-order valence-electron chi connectivity index (χ2n) is 0. The predicted molar refractivity (Wildman–Crippen MR) is 20.8 cm³/mol. The average molecular weight is 321 g/mol.